The molecule has 0 saturated heterocycles. The molecule has 0 bridgehead atoms. The van der Waals surface area contributed by atoms with Gasteiger partial charge in [0.25, 0.3) is 0 Å². The first kappa shape index (κ1) is 31.1. The van der Waals surface area contributed by atoms with Crippen LogP contribution in [0.15, 0.2) is 97.1 Å². The van der Waals surface area contributed by atoms with Crippen LogP contribution in [0.2, 0.25) is 0 Å². The average molecular weight is 616 g/mol. The predicted octanol–water partition coefficient (Wildman–Crippen LogP) is 8.09. The molecule has 1 aromatic heterocycles. The van der Waals surface area contributed by atoms with E-state index in [1.54, 1.807) is 0 Å². The van der Waals surface area contributed by atoms with E-state index in [0.29, 0.717) is 38.4 Å². The SMILES string of the molecule is CCCCn1c(-c2ccccc2)nc(-c2ccc(C)cc2)c1CN(Cc1ccc(C(=O)OC)cc1)Cc1ccc2c(c1)OCCO2. The highest BCUT2D eigenvalue weighted by molar-refractivity contribution is 5.89. The summed E-state index contributed by atoms with van der Waals surface area (Å²) in [6, 6.07) is 33.0. The molecule has 0 spiro atoms. The van der Waals surface area contributed by atoms with Crippen LogP contribution in [0, 0.1) is 6.92 Å². The van der Waals surface area contributed by atoms with Gasteiger partial charge < -0.3 is 18.8 Å². The Morgan fingerprint density at radius 1 is 0.826 bits per heavy atom. The Labute approximate surface area is 271 Å². The number of imidazole rings is 1. The Hall–Kier alpha value is -4.88. The molecule has 0 N–H and O–H groups in total. The summed E-state index contributed by atoms with van der Waals surface area (Å²) < 4.78 is 19.1. The summed E-state index contributed by atoms with van der Waals surface area (Å²) in [5, 5.41) is 0. The molecule has 1 aliphatic heterocycles. The van der Waals surface area contributed by atoms with Gasteiger partial charge in [-0.3, -0.25) is 4.90 Å². The van der Waals surface area contributed by atoms with Crippen molar-refractivity contribution in [3.8, 4) is 34.1 Å². The first-order chi connectivity index (χ1) is 22.5. The lowest BCUT2D eigenvalue weighted by atomic mass is 10.1. The van der Waals surface area contributed by atoms with E-state index in [4.69, 9.17) is 19.2 Å². The summed E-state index contributed by atoms with van der Waals surface area (Å²) in [7, 11) is 1.41. The number of methoxy groups -OCH3 is 1. The number of hydrogen-bond acceptors (Lipinski definition) is 6. The minimum Gasteiger partial charge on any atom is -0.486 e. The van der Waals surface area contributed by atoms with Crippen molar-refractivity contribution in [3.63, 3.8) is 0 Å². The molecule has 4 aromatic carbocycles. The van der Waals surface area contributed by atoms with Gasteiger partial charge >= 0.3 is 5.97 Å². The van der Waals surface area contributed by atoms with E-state index in [0.717, 1.165) is 64.7 Å². The van der Waals surface area contributed by atoms with E-state index in [9.17, 15) is 4.79 Å². The summed E-state index contributed by atoms with van der Waals surface area (Å²) in [6.45, 7) is 8.34. The number of aromatic nitrogens is 2. The van der Waals surface area contributed by atoms with Gasteiger partial charge in [0.2, 0.25) is 0 Å². The zero-order chi connectivity index (χ0) is 31.9. The van der Waals surface area contributed by atoms with Crippen LogP contribution in [0.1, 0.15) is 52.5 Å². The van der Waals surface area contributed by atoms with Crippen molar-refractivity contribution in [3.05, 3.63) is 125 Å². The van der Waals surface area contributed by atoms with Crippen molar-refractivity contribution in [1.82, 2.24) is 14.5 Å². The first-order valence-electron chi connectivity index (χ1n) is 16.0. The number of benzene rings is 4. The van der Waals surface area contributed by atoms with Gasteiger partial charge in [-0.15, -0.1) is 0 Å². The molecule has 0 aliphatic carbocycles. The molecule has 236 valence electrons. The Kier molecular flexibility index (Phi) is 9.79. The summed E-state index contributed by atoms with van der Waals surface area (Å²) in [5.74, 6) is 2.22. The van der Waals surface area contributed by atoms with Crippen molar-refractivity contribution in [2.24, 2.45) is 0 Å². The van der Waals surface area contributed by atoms with Gasteiger partial charge in [0.15, 0.2) is 11.5 Å². The van der Waals surface area contributed by atoms with Gasteiger partial charge in [0.1, 0.15) is 19.0 Å². The monoisotopic (exact) mass is 615 g/mol. The fourth-order valence-electron chi connectivity index (χ4n) is 5.90. The van der Waals surface area contributed by atoms with E-state index in [2.05, 4.69) is 84.0 Å². The van der Waals surface area contributed by atoms with E-state index in [1.807, 2.05) is 36.4 Å². The molecule has 0 saturated carbocycles. The Morgan fingerprint density at radius 3 is 2.24 bits per heavy atom. The van der Waals surface area contributed by atoms with Crippen LogP contribution in [-0.2, 0) is 30.9 Å². The second-order valence-corrected chi connectivity index (χ2v) is 11.8. The number of nitrogens with zero attached hydrogens (tertiary/aromatic N) is 3. The van der Waals surface area contributed by atoms with E-state index < -0.39 is 0 Å². The van der Waals surface area contributed by atoms with Crippen LogP contribution >= 0.6 is 0 Å². The number of ether oxygens (including phenoxy) is 3. The van der Waals surface area contributed by atoms with Crippen LogP contribution in [0.25, 0.3) is 22.6 Å². The first-order valence-corrected chi connectivity index (χ1v) is 16.0. The highest BCUT2D eigenvalue weighted by atomic mass is 16.6. The highest BCUT2D eigenvalue weighted by Crippen LogP contribution is 2.34. The quantitative estimate of drug-likeness (QED) is 0.132. The molecule has 0 radical (unpaired) electrons. The fourth-order valence-corrected chi connectivity index (χ4v) is 5.90. The van der Waals surface area contributed by atoms with Crippen molar-refractivity contribution in [1.29, 1.82) is 0 Å². The summed E-state index contributed by atoms with van der Waals surface area (Å²) in [6.07, 6.45) is 2.13. The second kappa shape index (κ2) is 14.5. The number of aryl methyl sites for hydroxylation is 1. The molecule has 7 heteroatoms. The molecule has 0 unspecified atom stereocenters. The van der Waals surface area contributed by atoms with Crippen molar-refractivity contribution in [2.75, 3.05) is 20.3 Å². The Bertz CT molecular complexity index is 1760. The second-order valence-electron chi connectivity index (χ2n) is 11.8. The number of carbonyl (C=O) groups excluding carboxylic acids is 1. The predicted molar refractivity (Wildman–Crippen MR) is 181 cm³/mol. The van der Waals surface area contributed by atoms with Gasteiger partial charge in [-0.2, -0.15) is 0 Å². The van der Waals surface area contributed by atoms with E-state index in [-0.39, 0.29) is 5.97 Å². The highest BCUT2D eigenvalue weighted by Gasteiger charge is 2.23. The molecular weight excluding hydrogens is 574 g/mol. The lowest BCUT2D eigenvalue weighted by Gasteiger charge is -2.26. The molecule has 6 rings (SSSR count). The van der Waals surface area contributed by atoms with Crippen molar-refractivity contribution >= 4 is 5.97 Å². The third-order valence-corrected chi connectivity index (χ3v) is 8.33. The number of rotatable bonds is 12. The number of unbranched alkanes of at least 4 members (excludes halogenated alkanes) is 1. The third-order valence-electron chi connectivity index (χ3n) is 8.33. The Balaban J connectivity index is 1.43. The molecule has 5 aromatic rings. The molecule has 7 nitrogen and oxygen atoms in total. The molecular formula is C39H41N3O4. The normalized spacial score (nSPS) is 12.3. The van der Waals surface area contributed by atoms with Gasteiger partial charge in [-0.05, 0) is 48.7 Å². The third kappa shape index (κ3) is 7.16. The molecule has 1 aliphatic rings. The summed E-state index contributed by atoms with van der Waals surface area (Å²) in [5.41, 5.74) is 8.39. The van der Waals surface area contributed by atoms with Crippen LogP contribution < -0.4 is 9.47 Å². The van der Waals surface area contributed by atoms with Crippen LogP contribution in [-0.4, -0.2) is 40.7 Å². The zero-order valence-electron chi connectivity index (χ0n) is 26.9. The molecule has 0 fully saturated rings. The van der Waals surface area contributed by atoms with E-state index in [1.165, 1.54) is 18.4 Å². The largest absolute Gasteiger partial charge is 0.486 e. The smallest absolute Gasteiger partial charge is 0.337 e. The van der Waals surface area contributed by atoms with Gasteiger partial charge in [-0.25, -0.2) is 9.78 Å². The maximum Gasteiger partial charge on any atom is 0.337 e. The molecule has 0 atom stereocenters. The van der Waals surface area contributed by atoms with Gasteiger partial charge in [-0.1, -0.05) is 91.7 Å². The van der Waals surface area contributed by atoms with Crippen molar-refractivity contribution < 1.29 is 19.0 Å². The number of hydrogen-bond donors (Lipinski definition) is 0. The maximum atomic E-state index is 12.1. The van der Waals surface area contributed by atoms with Crippen LogP contribution in [0.3, 0.4) is 0 Å². The van der Waals surface area contributed by atoms with Crippen LogP contribution in [0.4, 0.5) is 0 Å². The molecule has 0 amide bonds. The fraction of sp³-hybridized carbons (Fsp3) is 0.282. The van der Waals surface area contributed by atoms with Gasteiger partial charge in [0, 0.05) is 37.3 Å². The summed E-state index contributed by atoms with van der Waals surface area (Å²) >= 11 is 0. The minimum atomic E-state index is -0.337. The molecule has 46 heavy (non-hydrogen) atoms. The topological polar surface area (TPSA) is 65.8 Å². The number of esters is 1. The van der Waals surface area contributed by atoms with Gasteiger partial charge in [0.05, 0.1) is 24.1 Å². The average Bonchev–Trinajstić information content (AvgIpc) is 3.45. The maximum absolute atomic E-state index is 12.1. The summed E-state index contributed by atoms with van der Waals surface area (Å²) in [4.78, 5) is 19.9. The standard InChI is InChI=1S/C39H41N3O4/c1-4-5-21-42-34(37(31-16-11-28(2)12-17-31)40-38(42)32-9-7-6-8-10-32)27-41(25-29-13-18-33(19-14-29)39(43)44-3)26-30-15-20-35-36(24-30)46-23-22-45-35/h6-20,24H,4-5,21-23,25-27H2,1-3H3. The van der Waals surface area contributed by atoms with E-state index >= 15 is 0 Å². The van der Waals surface area contributed by atoms with Crippen LogP contribution in [0.5, 0.6) is 11.5 Å². The minimum absolute atomic E-state index is 0.337. The zero-order valence-corrected chi connectivity index (χ0v) is 26.9. The molecule has 2 heterocycles. The Morgan fingerprint density at radius 2 is 1.52 bits per heavy atom. The lowest BCUT2D eigenvalue weighted by molar-refractivity contribution is 0.0600. The lowest BCUT2D eigenvalue weighted by Crippen LogP contribution is -2.25. The van der Waals surface area contributed by atoms with Crippen molar-refractivity contribution in [2.45, 2.75) is 52.9 Å². The number of fused-ring (bicyclic) bond motifs is 1. The number of carbonyl (C=O) groups is 1.